The minimum atomic E-state index is -0.772. The lowest BCUT2D eigenvalue weighted by atomic mass is 9.97. The van der Waals surface area contributed by atoms with Crippen LogP contribution in [0.2, 0.25) is 5.02 Å². The van der Waals surface area contributed by atoms with Gasteiger partial charge in [-0.15, -0.1) is 11.3 Å². The minimum absolute atomic E-state index is 0.172. The van der Waals surface area contributed by atoms with Gasteiger partial charge >= 0.3 is 5.97 Å². The number of carbonyl (C=O) groups is 2. The number of thiophene rings is 1. The van der Waals surface area contributed by atoms with Crippen LogP contribution in [-0.2, 0) is 20.9 Å². The maximum Gasteiger partial charge on any atom is 0.338 e. The molecule has 0 fully saturated rings. The van der Waals surface area contributed by atoms with Gasteiger partial charge in [0, 0.05) is 21.0 Å². The number of halogens is 1. The van der Waals surface area contributed by atoms with Crippen molar-refractivity contribution in [1.82, 2.24) is 4.57 Å². The van der Waals surface area contributed by atoms with Gasteiger partial charge in [-0.3, -0.25) is 14.2 Å². The van der Waals surface area contributed by atoms with E-state index in [1.165, 1.54) is 15.9 Å². The Morgan fingerprint density at radius 1 is 0.955 bits per heavy atom. The van der Waals surface area contributed by atoms with Crippen LogP contribution in [0.25, 0.3) is 11.3 Å². The van der Waals surface area contributed by atoms with Gasteiger partial charge in [-0.05, 0) is 42.1 Å². The summed E-state index contributed by atoms with van der Waals surface area (Å²) in [6.45, 7) is 2.24. The molecule has 0 radical (unpaired) electrons. The Balaban J connectivity index is 1.48. The van der Waals surface area contributed by atoms with Gasteiger partial charge in [0.25, 0.3) is 11.5 Å². The maximum atomic E-state index is 14.5. The standard InChI is InChI=1S/C34H24ClN3O4S2/c1-2-42-33(41)27-28(21-9-4-3-5-10-21)36-34-38(29(27)25-13-8-18-43-25)32(40)30(44-34)26-23-11-6-7-12-24(23)37(31(26)39)19-20-14-16-22(35)17-15-20/h3-18,29H,2,19H2,1H3/b30-26+/t29-/m1/s1. The van der Waals surface area contributed by atoms with E-state index < -0.39 is 12.0 Å². The summed E-state index contributed by atoms with van der Waals surface area (Å²) in [5, 5.41) is 2.52. The highest BCUT2D eigenvalue weighted by atomic mass is 35.5. The van der Waals surface area contributed by atoms with E-state index in [4.69, 9.17) is 21.3 Å². The van der Waals surface area contributed by atoms with E-state index >= 15 is 0 Å². The summed E-state index contributed by atoms with van der Waals surface area (Å²) in [7, 11) is 0. The molecule has 2 aromatic heterocycles. The highest BCUT2D eigenvalue weighted by molar-refractivity contribution is 7.10. The van der Waals surface area contributed by atoms with Crippen molar-refractivity contribution in [2.45, 2.75) is 19.5 Å². The molecule has 0 aliphatic carbocycles. The molecule has 1 amide bonds. The molecule has 0 unspecified atom stereocenters. The zero-order valence-corrected chi connectivity index (χ0v) is 25.8. The second-order valence-corrected chi connectivity index (χ2v) is 12.6. The second-order valence-electron chi connectivity index (χ2n) is 10.2. The topological polar surface area (TPSA) is 81.0 Å². The third kappa shape index (κ3) is 4.73. The van der Waals surface area contributed by atoms with Gasteiger partial charge in [0.2, 0.25) is 0 Å². The summed E-state index contributed by atoms with van der Waals surface area (Å²) in [6.07, 6.45) is 0. The quantitative estimate of drug-likeness (QED) is 0.228. The summed E-state index contributed by atoms with van der Waals surface area (Å²) in [5.41, 5.74) is 3.71. The number of amides is 1. The normalized spacial score (nSPS) is 16.9. The summed E-state index contributed by atoms with van der Waals surface area (Å²) in [6, 6.07) is 27.2. The van der Waals surface area contributed by atoms with Crippen molar-refractivity contribution in [3.05, 3.63) is 148 Å². The first-order chi connectivity index (χ1) is 21.5. The fraction of sp³-hybridized carbons (Fsp3) is 0.118. The van der Waals surface area contributed by atoms with Gasteiger partial charge in [0.1, 0.15) is 10.6 Å². The van der Waals surface area contributed by atoms with Crippen molar-refractivity contribution in [1.29, 1.82) is 0 Å². The van der Waals surface area contributed by atoms with Crippen LogP contribution in [0.1, 0.15) is 34.5 Å². The van der Waals surface area contributed by atoms with Gasteiger partial charge in [-0.25, -0.2) is 9.79 Å². The average molecular weight is 638 g/mol. The lowest BCUT2D eigenvalue weighted by Crippen LogP contribution is -2.40. The maximum absolute atomic E-state index is 14.5. The zero-order valence-electron chi connectivity index (χ0n) is 23.4. The number of anilines is 1. The van der Waals surface area contributed by atoms with Crippen molar-refractivity contribution < 1.29 is 14.3 Å². The summed E-state index contributed by atoms with van der Waals surface area (Å²) in [5.74, 6) is -0.810. The molecule has 0 N–H and O–H groups in total. The van der Waals surface area contributed by atoms with Gasteiger partial charge in [-0.2, -0.15) is 0 Å². The van der Waals surface area contributed by atoms with Crippen molar-refractivity contribution in [3.8, 4) is 0 Å². The molecule has 218 valence electrons. The molecular weight excluding hydrogens is 614 g/mol. The van der Waals surface area contributed by atoms with Crippen LogP contribution in [0.3, 0.4) is 0 Å². The lowest BCUT2D eigenvalue weighted by molar-refractivity contribution is -0.138. The van der Waals surface area contributed by atoms with E-state index in [0.717, 1.165) is 33.0 Å². The first-order valence-electron chi connectivity index (χ1n) is 14.0. The Morgan fingerprint density at radius 3 is 2.43 bits per heavy atom. The number of para-hydroxylation sites is 1. The molecule has 0 saturated carbocycles. The van der Waals surface area contributed by atoms with Crippen molar-refractivity contribution in [3.63, 3.8) is 0 Å². The fourth-order valence-corrected chi connectivity index (χ4v) is 7.68. The number of thiazole rings is 1. The third-order valence-corrected chi connectivity index (χ3v) is 9.80. The molecule has 7 nitrogen and oxygen atoms in total. The molecule has 1 atom stereocenters. The fourth-order valence-electron chi connectivity index (χ4n) is 5.64. The SMILES string of the molecule is CCOC(=O)C1=C(c2ccccc2)N=c2s/c(=C3/C(=O)N(Cc4ccc(Cl)cc4)c4ccccc43)c(=O)n2[C@@H]1c1cccs1. The van der Waals surface area contributed by atoms with Crippen molar-refractivity contribution in [2.24, 2.45) is 4.99 Å². The predicted octanol–water partition coefficient (Wildman–Crippen LogP) is 5.57. The van der Waals surface area contributed by atoms with Crippen LogP contribution in [0.15, 0.2) is 112 Å². The molecule has 10 heteroatoms. The zero-order chi connectivity index (χ0) is 30.4. The van der Waals surface area contributed by atoms with E-state index in [1.807, 2.05) is 84.2 Å². The van der Waals surface area contributed by atoms with Crippen LogP contribution in [0.4, 0.5) is 5.69 Å². The Kier molecular flexibility index (Phi) is 7.37. The third-order valence-electron chi connectivity index (χ3n) is 7.57. The molecule has 4 heterocycles. The van der Waals surface area contributed by atoms with Crippen molar-refractivity contribution in [2.75, 3.05) is 11.5 Å². The lowest BCUT2D eigenvalue weighted by Gasteiger charge is -2.24. The Morgan fingerprint density at radius 2 is 1.70 bits per heavy atom. The Bertz CT molecular complexity index is 2130. The highest BCUT2D eigenvalue weighted by Gasteiger charge is 2.38. The molecule has 0 spiro atoms. The van der Waals surface area contributed by atoms with Crippen LogP contribution in [0.5, 0.6) is 0 Å². The molecular formula is C34H24ClN3O4S2. The van der Waals surface area contributed by atoms with Crippen LogP contribution >= 0.6 is 34.3 Å². The van der Waals surface area contributed by atoms with Gasteiger partial charge in [-0.1, -0.05) is 89.7 Å². The number of benzene rings is 3. The van der Waals surface area contributed by atoms with Gasteiger partial charge in [0.15, 0.2) is 4.80 Å². The number of aromatic nitrogens is 1. The highest BCUT2D eigenvalue weighted by Crippen LogP contribution is 2.38. The predicted molar refractivity (Wildman–Crippen MR) is 173 cm³/mol. The number of carbonyl (C=O) groups excluding carboxylic acids is 2. The molecule has 0 bridgehead atoms. The molecule has 44 heavy (non-hydrogen) atoms. The van der Waals surface area contributed by atoms with E-state index in [-0.39, 0.29) is 28.2 Å². The Labute approximate surface area is 265 Å². The second kappa shape index (κ2) is 11.5. The first-order valence-corrected chi connectivity index (χ1v) is 16.0. The number of fused-ring (bicyclic) bond motifs is 2. The number of nitrogens with zero attached hydrogens (tertiary/aromatic N) is 3. The monoisotopic (exact) mass is 637 g/mol. The first kappa shape index (κ1) is 28.2. The smallest absolute Gasteiger partial charge is 0.338 e. The number of hydrogen-bond acceptors (Lipinski definition) is 7. The van der Waals surface area contributed by atoms with E-state index in [0.29, 0.717) is 33.2 Å². The number of hydrogen-bond donors (Lipinski definition) is 0. The molecule has 0 saturated heterocycles. The molecule has 2 aliphatic rings. The molecule has 7 rings (SSSR count). The molecule has 5 aromatic rings. The van der Waals surface area contributed by atoms with Gasteiger partial charge in [0.05, 0.1) is 35.7 Å². The number of rotatable bonds is 6. The van der Waals surface area contributed by atoms with Gasteiger partial charge < -0.3 is 9.64 Å². The summed E-state index contributed by atoms with van der Waals surface area (Å²) < 4.78 is 7.34. The van der Waals surface area contributed by atoms with Crippen molar-refractivity contribution >= 4 is 63.1 Å². The minimum Gasteiger partial charge on any atom is -0.463 e. The van der Waals surface area contributed by atoms with E-state index in [1.54, 1.807) is 24.0 Å². The summed E-state index contributed by atoms with van der Waals surface area (Å²) >= 11 is 8.70. The average Bonchev–Trinajstić information content (AvgIpc) is 3.75. The van der Waals surface area contributed by atoms with E-state index in [9.17, 15) is 14.4 Å². The van der Waals surface area contributed by atoms with E-state index in [2.05, 4.69) is 0 Å². The molecule has 2 aliphatic heterocycles. The summed E-state index contributed by atoms with van der Waals surface area (Å²) in [4.78, 5) is 50.0. The van der Waals surface area contributed by atoms with Crippen LogP contribution < -0.4 is 19.8 Å². The van der Waals surface area contributed by atoms with Crippen LogP contribution in [-0.4, -0.2) is 23.1 Å². The molecule has 3 aromatic carbocycles. The number of esters is 1. The number of ether oxygens (including phenoxy) is 1. The van der Waals surface area contributed by atoms with Crippen LogP contribution in [0, 0.1) is 0 Å². The largest absolute Gasteiger partial charge is 0.463 e. The Hall–Kier alpha value is -4.57.